The molecule has 0 spiro atoms. The summed E-state index contributed by atoms with van der Waals surface area (Å²) in [6, 6.07) is 4.01. The minimum Gasteiger partial charge on any atom is -0.355 e. The van der Waals surface area contributed by atoms with Crippen molar-refractivity contribution in [3.8, 4) is 0 Å². The van der Waals surface area contributed by atoms with Crippen molar-refractivity contribution in [2.75, 3.05) is 6.54 Å². The van der Waals surface area contributed by atoms with Crippen LogP contribution in [0.2, 0.25) is 0 Å². The summed E-state index contributed by atoms with van der Waals surface area (Å²) in [5.74, 6) is 0.436. The third-order valence-corrected chi connectivity index (χ3v) is 3.18. The first-order chi connectivity index (χ1) is 7.75. The number of nitrogens with one attached hydrogen (secondary N) is 1. The molecule has 1 amide bonds. The maximum absolute atomic E-state index is 11.2. The number of aromatic nitrogens is 2. The number of amides is 1. The van der Waals surface area contributed by atoms with Crippen LogP contribution >= 0.6 is 0 Å². The average molecular weight is 215 g/mol. The fraction of sp³-hybridized carbons (Fsp3) is 0.333. The fourth-order valence-corrected chi connectivity index (χ4v) is 2.39. The van der Waals surface area contributed by atoms with E-state index >= 15 is 0 Å². The molecule has 0 radical (unpaired) electrons. The number of rotatable bonds is 1. The summed E-state index contributed by atoms with van der Waals surface area (Å²) >= 11 is 0. The number of aryl methyl sites for hydroxylation is 1. The normalized spacial score (nSPS) is 20.3. The lowest BCUT2D eigenvalue weighted by molar-refractivity contribution is -0.119. The number of nitrogens with zero attached hydrogens (tertiary/aromatic N) is 2. The first kappa shape index (κ1) is 9.39. The van der Waals surface area contributed by atoms with Gasteiger partial charge in [-0.2, -0.15) is 0 Å². The van der Waals surface area contributed by atoms with Gasteiger partial charge in [0.1, 0.15) is 5.65 Å². The molecule has 1 N–H and O–H groups in total. The fourth-order valence-electron chi connectivity index (χ4n) is 2.39. The van der Waals surface area contributed by atoms with Crippen molar-refractivity contribution in [1.82, 2.24) is 14.9 Å². The Bertz CT molecular complexity index is 558. The molecule has 16 heavy (non-hydrogen) atoms. The van der Waals surface area contributed by atoms with Crippen molar-refractivity contribution in [2.45, 2.75) is 12.3 Å². The van der Waals surface area contributed by atoms with E-state index in [1.54, 1.807) is 6.20 Å². The van der Waals surface area contributed by atoms with Gasteiger partial charge >= 0.3 is 0 Å². The molecule has 0 saturated carbocycles. The lowest BCUT2D eigenvalue weighted by atomic mass is 9.99. The van der Waals surface area contributed by atoms with Crippen molar-refractivity contribution in [3.05, 3.63) is 30.1 Å². The molecule has 1 aliphatic rings. The Balaban J connectivity index is 2.13. The Kier molecular flexibility index (Phi) is 1.96. The molecule has 3 heterocycles. The molecule has 1 saturated heterocycles. The van der Waals surface area contributed by atoms with E-state index in [1.807, 2.05) is 17.7 Å². The van der Waals surface area contributed by atoms with Crippen LogP contribution in [0.3, 0.4) is 0 Å². The zero-order chi connectivity index (χ0) is 11.1. The molecule has 1 atom stereocenters. The van der Waals surface area contributed by atoms with E-state index < -0.39 is 0 Å². The summed E-state index contributed by atoms with van der Waals surface area (Å²) in [7, 11) is 1.99. The number of hydrogen-bond donors (Lipinski definition) is 1. The summed E-state index contributed by atoms with van der Waals surface area (Å²) in [6.45, 7) is 0.743. The molecule has 2 aromatic rings. The van der Waals surface area contributed by atoms with E-state index in [1.165, 1.54) is 5.56 Å². The molecule has 0 aromatic carbocycles. The molecule has 4 heteroatoms. The summed E-state index contributed by atoms with van der Waals surface area (Å²) in [5.41, 5.74) is 2.21. The smallest absolute Gasteiger partial charge is 0.220 e. The predicted octanol–water partition coefficient (Wildman–Crippen LogP) is 1.18. The van der Waals surface area contributed by atoms with Gasteiger partial charge < -0.3 is 9.88 Å². The molecule has 4 nitrogen and oxygen atoms in total. The van der Waals surface area contributed by atoms with Gasteiger partial charge in [0, 0.05) is 43.7 Å². The zero-order valence-electron chi connectivity index (χ0n) is 9.10. The van der Waals surface area contributed by atoms with Crippen LogP contribution in [-0.2, 0) is 11.8 Å². The SMILES string of the molecule is Cn1cc(C2CNC(=O)C2)c2cccnc21. The number of fused-ring (bicyclic) bond motifs is 1. The highest BCUT2D eigenvalue weighted by Crippen LogP contribution is 2.30. The third kappa shape index (κ3) is 1.30. The number of carbonyl (C=O) groups excluding carboxylic acids is 1. The number of hydrogen-bond acceptors (Lipinski definition) is 2. The predicted molar refractivity (Wildman–Crippen MR) is 61.1 cm³/mol. The highest BCUT2D eigenvalue weighted by Gasteiger charge is 2.25. The van der Waals surface area contributed by atoms with Crippen molar-refractivity contribution in [1.29, 1.82) is 0 Å². The lowest BCUT2D eigenvalue weighted by Gasteiger charge is -2.04. The minimum atomic E-state index is 0.144. The van der Waals surface area contributed by atoms with E-state index in [4.69, 9.17) is 0 Å². The second-order valence-corrected chi connectivity index (χ2v) is 4.28. The topological polar surface area (TPSA) is 46.9 Å². The quantitative estimate of drug-likeness (QED) is 0.776. The summed E-state index contributed by atoms with van der Waals surface area (Å²) < 4.78 is 2.02. The molecule has 1 aliphatic heterocycles. The van der Waals surface area contributed by atoms with Crippen LogP contribution in [0.5, 0.6) is 0 Å². The maximum atomic E-state index is 11.2. The molecule has 1 unspecified atom stereocenters. The number of carbonyl (C=O) groups is 1. The zero-order valence-corrected chi connectivity index (χ0v) is 9.10. The van der Waals surface area contributed by atoms with Crippen LogP contribution in [-0.4, -0.2) is 22.0 Å². The van der Waals surface area contributed by atoms with E-state index in [-0.39, 0.29) is 5.91 Å². The summed E-state index contributed by atoms with van der Waals surface area (Å²) in [4.78, 5) is 15.6. The molecular formula is C12H13N3O. The van der Waals surface area contributed by atoms with Gasteiger partial charge in [0.25, 0.3) is 0 Å². The molecule has 3 rings (SSSR count). The van der Waals surface area contributed by atoms with E-state index in [0.717, 1.165) is 17.6 Å². The Morgan fingerprint density at radius 3 is 3.19 bits per heavy atom. The summed E-state index contributed by atoms with van der Waals surface area (Å²) in [5, 5.41) is 4.03. The van der Waals surface area contributed by atoms with Gasteiger partial charge in [-0.25, -0.2) is 4.98 Å². The van der Waals surface area contributed by atoms with Crippen LogP contribution in [0.25, 0.3) is 11.0 Å². The maximum Gasteiger partial charge on any atom is 0.220 e. The Hall–Kier alpha value is -1.84. The molecule has 0 aliphatic carbocycles. The van der Waals surface area contributed by atoms with E-state index in [2.05, 4.69) is 22.6 Å². The van der Waals surface area contributed by atoms with Crippen molar-refractivity contribution in [2.24, 2.45) is 7.05 Å². The Labute approximate surface area is 93.3 Å². The highest BCUT2D eigenvalue weighted by molar-refractivity contribution is 5.85. The van der Waals surface area contributed by atoms with Crippen LogP contribution in [0.1, 0.15) is 17.9 Å². The molecule has 82 valence electrons. The highest BCUT2D eigenvalue weighted by atomic mass is 16.1. The largest absolute Gasteiger partial charge is 0.355 e. The second kappa shape index (κ2) is 3.33. The van der Waals surface area contributed by atoms with Gasteiger partial charge in [0.15, 0.2) is 0 Å². The van der Waals surface area contributed by atoms with Crippen molar-refractivity contribution < 1.29 is 4.79 Å². The van der Waals surface area contributed by atoms with E-state index in [9.17, 15) is 4.79 Å². The molecule has 0 bridgehead atoms. The number of pyridine rings is 1. The van der Waals surface area contributed by atoms with Gasteiger partial charge in [0.05, 0.1) is 0 Å². The average Bonchev–Trinajstić information content (AvgIpc) is 2.84. The van der Waals surface area contributed by atoms with Gasteiger partial charge in [-0.3, -0.25) is 4.79 Å². The molecule has 1 fully saturated rings. The van der Waals surface area contributed by atoms with Crippen LogP contribution in [0.15, 0.2) is 24.5 Å². The first-order valence-corrected chi connectivity index (χ1v) is 5.42. The molecular weight excluding hydrogens is 202 g/mol. The second-order valence-electron chi connectivity index (χ2n) is 4.28. The standard InChI is InChI=1S/C12H13N3O/c1-15-7-10(8-5-11(16)14-6-8)9-3-2-4-13-12(9)15/h2-4,7-8H,5-6H2,1H3,(H,14,16). The van der Waals surface area contributed by atoms with E-state index in [0.29, 0.717) is 12.3 Å². The van der Waals surface area contributed by atoms with Gasteiger partial charge in [-0.15, -0.1) is 0 Å². The van der Waals surface area contributed by atoms with Gasteiger partial charge in [-0.1, -0.05) is 0 Å². The van der Waals surface area contributed by atoms with Crippen LogP contribution in [0, 0.1) is 0 Å². The lowest BCUT2D eigenvalue weighted by Crippen LogP contribution is -2.13. The van der Waals surface area contributed by atoms with Crippen molar-refractivity contribution >= 4 is 16.9 Å². The molecule has 2 aromatic heterocycles. The van der Waals surface area contributed by atoms with Gasteiger partial charge in [0.2, 0.25) is 5.91 Å². The Morgan fingerprint density at radius 2 is 2.44 bits per heavy atom. The third-order valence-electron chi connectivity index (χ3n) is 3.18. The van der Waals surface area contributed by atoms with Gasteiger partial charge in [-0.05, 0) is 17.7 Å². The minimum absolute atomic E-state index is 0.144. The first-order valence-electron chi connectivity index (χ1n) is 5.42. The van der Waals surface area contributed by atoms with Crippen LogP contribution in [0.4, 0.5) is 0 Å². The monoisotopic (exact) mass is 215 g/mol. The van der Waals surface area contributed by atoms with Crippen LogP contribution < -0.4 is 5.32 Å². The van der Waals surface area contributed by atoms with Crippen molar-refractivity contribution in [3.63, 3.8) is 0 Å². The summed E-state index contributed by atoms with van der Waals surface area (Å²) in [6.07, 6.45) is 4.47. The Morgan fingerprint density at radius 1 is 1.56 bits per heavy atom.